The number of rotatable bonds is 6. The third-order valence-electron chi connectivity index (χ3n) is 4.30. The van der Waals surface area contributed by atoms with E-state index in [-0.39, 0.29) is 11.9 Å². The monoisotopic (exact) mass is 309 g/mol. The molecule has 0 aromatic heterocycles. The number of ether oxygens (including phenoxy) is 1. The van der Waals surface area contributed by atoms with Gasteiger partial charge in [-0.05, 0) is 37.0 Å². The average molecular weight is 309 g/mol. The molecule has 120 valence electrons. The van der Waals surface area contributed by atoms with Gasteiger partial charge in [0, 0.05) is 13.0 Å². The number of para-hydroxylation sites is 1. The minimum absolute atomic E-state index is 0.244. The summed E-state index contributed by atoms with van der Waals surface area (Å²) < 4.78 is 5.66. The van der Waals surface area contributed by atoms with Crippen molar-refractivity contribution in [3.63, 3.8) is 0 Å². The summed E-state index contributed by atoms with van der Waals surface area (Å²) in [5, 5.41) is 0. The third-order valence-corrected chi connectivity index (χ3v) is 4.30. The number of hydrogen-bond acceptors (Lipinski definition) is 2. The van der Waals surface area contributed by atoms with Gasteiger partial charge in [0.05, 0.1) is 12.6 Å². The van der Waals surface area contributed by atoms with Crippen molar-refractivity contribution in [1.82, 2.24) is 4.90 Å². The van der Waals surface area contributed by atoms with Crippen molar-refractivity contribution in [1.29, 1.82) is 0 Å². The Morgan fingerprint density at radius 1 is 1.04 bits per heavy atom. The van der Waals surface area contributed by atoms with Crippen LogP contribution in [0, 0.1) is 0 Å². The maximum Gasteiger partial charge on any atom is 0.223 e. The van der Waals surface area contributed by atoms with E-state index in [0.29, 0.717) is 13.0 Å². The lowest BCUT2D eigenvalue weighted by Crippen LogP contribution is -2.30. The zero-order valence-corrected chi connectivity index (χ0v) is 13.4. The zero-order valence-electron chi connectivity index (χ0n) is 13.4. The topological polar surface area (TPSA) is 29.5 Å². The van der Waals surface area contributed by atoms with Crippen LogP contribution in [-0.2, 0) is 4.79 Å². The molecule has 0 aliphatic carbocycles. The fourth-order valence-electron chi connectivity index (χ4n) is 3.16. The van der Waals surface area contributed by atoms with Crippen molar-refractivity contribution >= 4 is 5.91 Å². The molecular formula is C20H23NO2. The van der Waals surface area contributed by atoms with E-state index >= 15 is 0 Å². The van der Waals surface area contributed by atoms with Crippen molar-refractivity contribution in [2.75, 3.05) is 13.2 Å². The highest BCUT2D eigenvalue weighted by Crippen LogP contribution is 2.32. The summed E-state index contributed by atoms with van der Waals surface area (Å²) in [5.41, 5.74) is 1.25. The van der Waals surface area contributed by atoms with Crippen LogP contribution in [-0.4, -0.2) is 24.0 Å². The maximum absolute atomic E-state index is 12.5. The van der Waals surface area contributed by atoms with Crippen molar-refractivity contribution in [2.24, 2.45) is 0 Å². The van der Waals surface area contributed by atoms with Gasteiger partial charge in [0.25, 0.3) is 0 Å². The van der Waals surface area contributed by atoms with E-state index in [1.807, 2.05) is 53.4 Å². The molecule has 0 spiro atoms. The first-order chi connectivity index (χ1) is 11.3. The first-order valence-electron chi connectivity index (χ1n) is 8.37. The lowest BCUT2D eigenvalue weighted by atomic mass is 10.0. The number of benzene rings is 2. The molecule has 3 heteroatoms. The highest BCUT2D eigenvalue weighted by molar-refractivity contribution is 5.77. The molecular weight excluding hydrogens is 286 g/mol. The van der Waals surface area contributed by atoms with E-state index in [1.165, 1.54) is 5.56 Å². The second-order valence-electron chi connectivity index (χ2n) is 5.92. The number of nitrogens with zero attached hydrogens (tertiary/aromatic N) is 1. The predicted molar refractivity (Wildman–Crippen MR) is 91.3 cm³/mol. The fraction of sp³-hybridized carbons (Fsp3) is 0.350. The summed E-state index contributed by atoms with van der Waals surface area (Å²) in [5.74, 6) is 1.11. The molecule has 23 heavy (non-hydrogen) atoms. The molecule has 1 atom stereocenters. The van der Waals surface area contributed by atoms with Crippen LogP contribution in [0.5, 0.6) is 5.75 Å². The predicted octanol–water partition coefficient (Wildman–Crippen LogP) is 4.21. The van der Waals surface area contributed by atoms with E-state index < -0.39 is 0 Å². The van der Waals surface area contributed by atoms with Crippen LogP contribution >= 0.6 is 0 Å². The highest BCUT2D eigenvalue weighted by Gasteiger charge is 2.29. The van der Waals surface area contributed by atoms with Crippen molar-refractivity contribution in [3.05, 3.63) is 66.2 Å². The van der Waals surface area contributed by atoms with Gasteiger partial charge in [-0.2, -0.15) is 0 Å². The number of likely N-dealkylation sites (tertiary alicyclic amines) is 1. The summed E-state index contributed by atoms with van der Waals surface area (Å²) >= 11 is 0. The summed E-state index contributed by atoms with van der Waals surface area (Å²) in [6, 6.07) is 20.3. The van der Waals surface area contributed by atoms with Gasteiger partial charge in [0.2, 0.25) is 5.91 Å². The SMILES string of the molecule is O=C(CCCOc1ccccc1)N1CCCC1c1ccccc1. The van der Waals surface area contributed by atoms with Gasteiger partial charge in [-0.3, -0.25) is 4.79 Å². The molecule has 0 radical (unpaired) electrons. The molecule has 1 heterocycles. The molecule has 3 rings (SSSR count). The minimum Gasteiger partial charge on any atom is -0.494 e. The van der Waals surface area contributed by atoms with E-state index in [4.69, 9.17) is 4.74 Å². The van der Waals surface area contributed by atoms with Crippen LogP contribution in [0.15, 0.2) is 60.7 Å². The fourth-order valence-corrected chi connectivity index (χ4v) is 3.16. The van der Waals surface area contributed by atoms with Crippen molar-refractivity contribution < 1.29 is 9.53 Å². The number of amides is 1. The largest absolute Gasteiger partial charge is 0.494 e. The van der Waals surface area contributed by atoms with Gasteiger partial charge >= 0.3 is 0 Å². The number of hydrogen-bond donors (Lipinski definition) is 0. The molecule has 2 aromatic carbocycles. The second-order valence-corrected chi connectivity index (χ2v) is 5.92. The van der Waals surface area contributed by atoms with E-state index in [2.05, 4.69) is 12.1 Å². The first kappa shape index (κ1) is 15.6. The van der Waals surface area contributed by atoms with Gasteiger partial charge in [0.1, 0.15) is 5.75 Å². The Morgan fingerprint density at radius 3 is 2.48 bits per heavy atom. The normalized spacial score (nSPS) is 17.2. The minimum atomic E-state index is 0.244. The molecule has 3 nitrogen and oxygen atoms in total. The molecule has 2 aromatic rings. The van der Waals surface area contributed by atoms with Crippen LogP contribution in [0.4, 0.5) is 0 Å². The van der Waals surface area contributed by atoms with Crippen LogP contribution in [0.2, 0.25) is 0 Å². The Morgan fingerprint density at radius 2 is 1.74 bits per heavy atom. The molecule has 1 aliphatic heterocycles. The number of carbonyl (C=O) groups is 1. The standard InChI is InChI=1S/C20H23NO2/c22-20(14-8-16-23-18-11-5-2-6-12-18)21-15-7-13-19(21)17-9-3-1-4-10-17/h1-6,9-12,19H,7-8,13-16H2. The second kappa shape index (κ2) is 7.82. The van der Waals surface area contributed by atoms with Crippen LogP contribution < -0.4 is 4.74 Å². The molecule has 1 amide bonds. The average Bonchev–Trinajstić information content (AvgIpc) is 3.10. The van der Waals surface area contributed by atoms with E-state index in [0.717, 1.165) is 31.6 Å². The van der Waals surface area contributed by atoms with Gasteiger partial charge < -0.3 is 9.64 Å². The smallest absolute Gasteiger partial charge is 0.223 e. The molecule has 0 N–H and O–H groups in total. The Bertz CT molecular complexity index is 612. The number of carbonyl (C=O) groups excluding carboxylic acids is 1. The van der Waals surface area contributed by atoms with Gasteiger partial charge in [-0.15, -0.1) is 0 Å². The Labute approximate surface area is 137 Å². The Balaban J connectivity index is 1.48. The lowest BCUT2D eigenvalue weighted by Gasteiger charge is -2.25. The molecule has 0 saturated carbocycles. The van der Waals surface area contributed by atoms with Crippen molar-refractivity contribution in [2.45, 2.75) is 31.7 Å². The summed E-state index contributed by atoms with van der Waals surface area (Å²) in [6.07, 6.45) is 3.46. The lowest BCUT2D eigenvalue weighted by molar-refractivity contribution is -0.132. The van der Waals surface area contributed by atoms with Crippen LogP contribution in [0.25, 0.3) is 0 Å². The van der Waals surface area contributed by atoms with E-state index in [1.54, 1.807) is 0 Å². The maximum atomic E-state index is 12.5. The zero-order chi connectivity index (χ0) is 15.9. The van der Waals surface area contributed by atoms with E-state index in [9.17, 15) is 4.79 Å². The molecule has 1 unspecified atom stereocenters. The highest BCUT2D eigenvalue weighted by atomic mass is 16.5. The first-order valence-corrected chi connectivity index (χ1v) is 8.37. The Kier molecular flexibility index (Phi) is 5.30. The summed E-state index contributed by atoms with van der Waals surface area (Å²) in [6.45, 7) is 1.46. The summed E-state index contributed by atoms with van der Waals surface area (Å²) in [7, 11) is 0. The molecule has 1 fully saturated rings. The van der Waals surface area contributed by atoms with Crippen LogP contribution in [0.3, 0.4) is 0 Å². The summed E-state index contributed by atoms with van der Waals surface area (Å²) in [4.78, 5) is 14.6. The molecule has 0 bridgehead atoms. The van der Waals surface area contributed by atoms with Gasteiger partial charge in [-0.1, -0.05) is 48.5 Å². The molecule has 1 aliphatic rings. The van der Waals surface area contributed by atoms with Gasteiger partial charge in [0.15, 0.2) is 0 Å². The third kappa shape index (κ3) is 4.13. The quantitative estimate of drug-likeness (QED) is 0.748. The van der Waals surface area contributed by atoms with Gasteiger partial charge in [-0.25, -0.2) is 0 Å². The Hall–Kier alpha value is -2.29. The van der Waals surface area contributed by atoms with Crippen molar-refractivity contribution in [3.8, 4) is 5.75 Å². The molecule has 1 saturated heterocycles. The van der Waals surface area contributed by atoms with Crippen LogP contribution in [0.1, 0.15) is 37.3 Å².